The normalized spacial score (nSPS) is 10.9. The van der Waals surface area contributed by atoms with E-state index in [1.54, 1.807) is 12.4 Å². The molecule has 0 saturated carbocycles. The maximum atomic E-state index is 5.00. The van der Waals surface area contributed by atoms with Gasteiger partial charge in [-0.05, 0) is 57.6 Å². The van der Waals surface area contributed by atoms with Gasteiger partial charge < -0.3 is 0 Å². The van der Waals surface area contributed by atoms with Gasteiger partial charge in [0.1, 0.15) is 0 Å². The minimum Gasteiger partial charge on any atom is -0.264 e. The topological polar surface area (TPSA) is 64.5 Å². The lowest BCUT2D eigenvalue weighted by molar-refractivity contribution is 1.07. The lowest BCUT2D eigenvalue weighted by Crippen LogP contribution is -2.00. The summed E-state index contributed by atoms with van der Waals surface area (Å²) in [5.41, 5.74) is 11.6. The van der Waals surface area contributed by atoms with E-state index in [0.717, 1.165) is 61.2 Å². The summed E-state index contributed by atoms with van der Waals surface area (Å²) in [7, 11) is 0. The molecule has 5 aromatic carbocycles. The molecule has 0 bridgehead atoms. The molecule has 0 fully saturated rings. The molecule has 0 unspecified atom stereocenters. The van der Waals surface area contributed by atoms with Crippen molar-refractivity contribution in [2.24, 2.45) is 0 Å². The lowest BCUT2D eigenvalue weighted by Gasteiger charge is -2.13. The molecular formula is C43H29N5. The average Bonchev–Trinajstić information content (AvgIpc) is 3.19. The minimum atomic E-state index is 0.624. The number of rotatable bonds is 7. The van der Waals surface area contributed by atoms with E-state index in [1.807, 2.05) is 60.9 Å². The maximum absolute atomic E-state index is 5.00. The Morgan fingerprint density at radius 1 is 0.271 bits per heavy atom. The van der Waals surface area contributed by atoms with Crippen LogP contribution in [0.25, 0.3) is 78.7 Å². The van der Waals surface area contributed by atoms with Crippen molar-refractivity contribution in [2.75, 3.05) is 0 Å². The quantitative estimate of drug-likeness (QED) is 0.178. The Hall–Kier alpha value is -6.59. The van der Waals surface area contributed by atoms with Gasteiger partial charge in [0.05, 0.1) is 0 Å². The highest BCUT2D eigenvalue weighted by Gasteiger charge is 2.14. The number of pyridine rings is 2. The summed E-state index contributed by atoms with van der Waals surface area (Å²) in [4.78, 5) is 23.6. The molecule has 0 spiro atoms. The second kappa shape index (κ2) is 13.0. The van der Waals surface area contributed by atoms with E-state index in [0.29, 0.717) is 17.5 Å². The third-order valence-corrected chi connectivity index (χ3v) is 8.34. The SMILES string of the molecule is c1ccc(-c2cccc(-c3nc(-c4ccccc4)nc(-c4ccc(-c5ccc(-c6cccnc6)c(-c6cccnc6)c5)cc4)n3)c2)cc1. The van der Waals surface area contributed by atoms with Crippen LogP contribution in [0.15, 0.2) is 176 Å². The van der Waals surface area contributed by atoms with Crippen LogP contribution in [0.4, 0.5) is 0 Å². The molecule has 0 saturated heterocycles. The van der Waals surface area contributed by atoms with E-state index in [-0.39, 0.29) is 0 Å². The molecule has 5 nitrogen and oxygen atoms in total. The van der Waals surface area contributed by atoms with Crippen LogP contribution in [0.2, 0.25) is 0 Å². The second-order valence-corrected chi connectivity index (χ2v) is 11.4. The summed E-state index contributed by atoms with van der Waals surface area (Å²) in [5, 5.41) is 0. The standard InChI is InChI=1S/C43H29N5/c1-3-10-30(11-4-1)34-14-7-15-36(26-34)43-47-41(32-12-5-2-6-13-32)46-42(48-43)33-20-18-31(19-21-33)35-22-23-39(37-16-8-24-44-28-37)40(27-35)38-17-9-25-45-29-38/h1-29H. The van der Waals surface area contributed by atoms with E-state index < -0.39 is 0 Å². The zero-order valence-corrected chi connectivity index (χ0v) is 26.0. The van der Waals surface area contributed by atoms with Crippen LogP contribution >= 0.6 is 0 Å². The fourth-order valence-corrected chi connectivity index (χ4v) is 5.89. The van der Waals surface area contributed by atoms with Gasteiger partial charge >= 0.3 is 0 Å². The zero-order valence-electron chi connectivity index (χ0n) is 26.0. The molecule has 48 heavy (non-hydrogen) atoms. The van der Waals surface area contributed by atoms with E-state index in [9.17, 15) is 0 Å². The van der Waals surface area contributed by atoms with Crippen LogP contribution in [0.1, 0.15) is 0 Å². The van der Waals surface area contributed by atoms with Gasteiger partial charge in [-0.15, -0.1) is 0 Å². The largest absolute Gasteiger partial charge is 0.264 e. The van der Waals surface area contributed by atoms with Crippen LogP contribution in [0, 0.1) is 0 Å². The second-order valence-electron chi connectivity index (χ2n) is 11.4. The molecule has 0 aliphatic carbocycles. The Kier molecular flexibility index (Phi) is 7.83. The third-order valence-electron chi connectivity index (χ3n) is 8.34. The molecule has 5 heteroatoms. The van der Waals surface area contributed by atoms with Gasteiger partial charge in [0.15, 0.2) is 17.5 Å². The fraction of sp³-hybridized carbons (Fsp3) is 0. The van der Waals surface area contributed by atoms with Gasteiger partial charge in [-0.2, -0.15) is 0 Å². The molecule has 0 radical (unpaired) electrons. The Morgan fingerprint density at radius 3 is 1.33 bits per heavy atom. The summed E-state index contributed by atoms with van der Waals surface area (Å²) >= 11 is 0. The summed E-state index contributed by atoms with van der Waals surface area (Å²) in [6.07, 6.45) is 7.39. The minimum absolute atomic E-state index is 0.624. The summed E-state index contributed by atoms with van der Waals surface area (Å²) < 4.78 is 0. The van der Waals surface area contributed by atoms with Crippen molar-refractivity contribution in [3.05, 3.63) is 176 Å². The van der Waals surface area contributed by atoms with Gasteiger partial charge in [0, 0.05) is 52.6 Å². The molecule has 226 valence electrons. The zero-order chi connectivity index (χ0) is 32.1. The van der Waals surface area contributed by atoms with Crippen molar-refractivity contribution in [3.8, 4) is 78.7 Å². The van der Waals surface area contributed by atoms with Crippen molar-refractivity contribution in [3.63, 3.8) is 0 Å². The molecular weight excluding hydrogens is 587 g/mol. The summed E-state index contributed by atoms with van der Waals surface area (Å²) in [6.45, 7) is 0. The Morgan fingerprint density at radius 2 is 0.708 bits per heavy atom. The predicted molar refractivity (Wildman–Crippen MR) is 193 cm³/mol. The summed E-state index contributed by atoms with van der Waals surface area (Å²) in [5.74, 6) is 1.89. The van der Waals surface area contributed by atoms with E-state index in [4.69, 9.17) is 15.0 Å². The van der Waals surface area contributed by atoms with Gasteiger partial charge in [0.25, 0.3) is 0 Å². The molecule has 3 heterocycles. The van der Waals surface area contributed by atoms with Crippen LogP contribution in [0.3, 0.4) is 0 Å². The highest BCUT2D eigenvalue weighted by atomic mass is 15.0. The predicted octanol–water partition coefficient (Wildman–Crippen LogP) is 10.3. The molecule has 0 atom stereocenters. The van der Waals surface area contributed by atoms with Gasteiger partial charge in [-0.1, -0.05) is 127 Å². The van der Waals surface area contributed by atoms with Crippen molar-refractivity contribution < 1.29 is 0 Å². The Labute approximate surface area is 279 Å². The third kappa shape index (κ3) is 6.00. The monoisotopic (exact) mass is 615 g/mol. The van der Waals surface area contributed by atoms with Crippen LogP contribution in [0.5, 0.6) is 0 Å². The maximum Gasteiger partial charge on any atom is 0.164 e. The highest BCUT2D eigenvalue weighted by molar-refractivity contribution is 5.87. The summed E-state index contributed by atoms with van der Waals surface area (Å²) in [6, 6.07) is 51.9. The lowest BCUT2D eigenvalue weighted by atomic mass is 9.92. The van der Waals surface area contributed by atoms with Crippen LogP contribution < -0.4 is 0 Å². The number of nitrogens with zero attached hydrogens (tertiary/aromatic N) is 5. The highest BCUT2D eigenvalue weighted by Crippen LogP contribution is 2.36. The smallest absolute Gasteiger partial charge is 0.164 e. The van der Waals surface area contributed by atoms with Gasteiger partial charge in [-0.3, -0.25) is 9.97 Å². The first kappa shape index (κ1) is 28.9. The molecule has 3 aromatic heterocycles. The van der Waals surface area contributed by atoms with Crippen LogP contribution in [-0.2, 0) is 0 Å². The van der Waals surface area contributed by atoms with Gasteiger partial charge in [0.2, 0.25) is 0 Å². The number of aromatic nitrogens is 5. The van der Waals surface area contributed by atoms with Crippen LogP contribution in [-0.4, -0.2) is 24.9 Å². The van der Waals surface area contributed by atoms with Crippen molar-refractivity contribution in [2.45, 2.75) is 0 Å². The first-order valence-electron chi connectivity index (χ1n) is 15.8. The molecule has 0 amide bonds. The first-order chi connectivity index (χ1) is 23.8. The van der Waals surface area contributed by atoms with Gasteiger partial charge in [-0.25, -0.2) is 15.0 Å². The van der Waals surface area contributed by atoms with E-state index >= 15 is 0 Å². The van der Waals surface area contributed by atoms with Crippen molar-refractivity contribution in [1.29, 1.82) is 0 Å². The first-order valence-corrected chi connectivity index (χ1v) is 15.8. The molecule has 0 aliphatic heterocycles. The molecule has 8 aromatic rings. The fourth-order valence-electron chi connectivity index (χ4n) is 5.89. The Balaban J connectivity index is 1.19. The number of benzene rings is 5. The average molecular weight is 616 g/mol. The molecule has 0 aliphatic rings. The Bertz CT molecular complexity index is 2310. The van der Waals surface area contributed by atoms with Crippen molar-refractivity contribution >= 4 is 0 Å². The number of hydrogen-bond donors (Lipinski definition) is 0. The van der Waals surface area contributed by atoms with E-state index in [2.05, 4.69) is 113 Å². The molecule has 8 rings (SSSR count). The van der Waals surface area contributed by atoms with E-state index in [1.165, 1.54) is 0 Å². The number of hydrogen-bond acceptors (Lipinski definition) is 5. The van der Waals surface area contributed by atoms with Crippen molar-refractivity contribution in [1.82, 2.24) is 24.9 Å². The molecule has 0 N–H and O–H groups in total.